The van der Waals surface area contributed by atoms with Gasteiger partial charge in [0.2, 0.25) is 5.91 Å². The molecule has 1 unspecified atom stereocenters. The lowest BCUT2D eigenvalue weighted by molar-refractivity contribution is -0.197. The van der Waals surface area contributed by atoms with Gasteiger partial charge in [0.05, 0.1) is 13.5 Å². The Morgan fingerprint density at radius 3 is 1.75 bits per heavy atom. The molecule has 0 aromatic rings. The number of amides is 3. The molecule has 0 aromatic heterocycles. The molecule has 1 fully saturated rings. The Hall–Kier alpha value is -2.49. The van der Waals surface area contributed by atoms with Gasteiger partial charge in [0.1, 0.15) is 6.04 Å². The Balaban J connectivity index is 2.11. The topological polar surface area (TPSA) is 139 Å². The minimum atomic E-state index is -1.00. The van der Waals surface area contributed by atoms with Gasteiger partial charge in [0, 0.05) is 25.9 Å². The molecule has 3 amide bonds. The molecule has 10 nitrogen and oxygen atoms in total. The van der Waals surface area contributed by atoms with E-state index in [-0.39, 0.29) is 38.0 Å². The van der Waals surface area contributed by atoms with Gasteiger partial charge in [-0.15, -0.1) is 5.06 Å². The second-order valence-corrected chi connectivity index (χ2v) is 9.30. The number of ether oxygens (including phenoxy) is 1. The van der Waals surface area contributed by atoms with Crippen molar-refractivity contribution in [2.45, 2.75) is 122 Å². The molecular weight excluding hydrogens is 468 g/mol. The third-order valence-electron chi connectivity index (χ3n) is 6.22. The first-order valence-electron chi connectivity index (χ1n) is 13.4. The van der Waals surface area contributed by atoms with Crippen LogP contribution in [0.2, 0.25) is 0 Å². The zero-order valence-electron chi connectivity index (χ0n) is 21.8. The Morgan fingerprint density at radius 2 is 1.28 bits per heavy atom. The third kappa shape index (κ3) is 14.2. The number of hydrogen-bond acceptors (Lipinski definition) is 8. The van der Waals surface area contributed by atoms with Gasteiger partial charge < -0.3 is 20.0 Å². The molecule has 36 heavy (non-hydrogen) atoms. The number of nitrogens with zero attached hydrogens (tertiary/aromatic N) is 1. The standard InChI is InChI=1S/C26H44N2O8/c1-35-26(34)21(16-19-25(33)36-28-23(31)17-18-24(28)32)27-22(30)15-13-11-9-7-5-3-2-4-6-8-10-12-14-20-29/h21,29H,2-20H2,1H3,(H,27,30). The molecule has 1 atom stereocenters. The normalized spacial score (nSPS) is 14.1. The molecular formula is C26H44N2O8. The molecule has 0 saturated carbocycles. The molecule has 1 saturated heterocycles. The summed E-state index contributed by atoms with van der Waals surface area (Å²) in [6.07, 6.45) is 14.6. The Labute approximate surface area is 214 Å². The summed E-state index contributed by atoms with van der Waals surface area (Å²) < 4.78 is 4.71. The number of rotatable bonds is 21. The van der Waals surface area contributed by atoms with Crippen LogP contribution < -0.4 is 5.32 Å². The highest BCUT2D eigenvalue weighted by Crippen LogP contribution is 2.15. The number of imide groups is 1. The highest BCUT2D eigenvalue weighted by Gasteiger charge is 2.33. The summed E-state index contributed by atoms with van der Waals surface area (Å²) in [6, 6.07) is -1.00. The van der Waals surface area contributed by atoms with Crippen LogP contribution in [0.15, 0.2) is 0 Å². The lowest BCUT2D eigenvalue weighted by atomic mass is 10.0. The van der Waals surface area contributed by atoms with Crippen LogP contribution in [0, 0.1) is 0 Å². The van der Waals surface area contributed by atoms with Gasteiger partial charge in [-0.3, -0.25) is 14.4 Å². The van der Waals surface area contributed by atoms with E-state index in [0.717, 1.165) is 38.5 Å². The van der Waals surface area contributed by atoms with E-state index in [2.05, 4.69) is 5.32 Å². The summed E-state index contributed by atoms with van der Waals surface area (Å²) in [5.74, 6) is -2.95. The van der Waals surface area contributed by atoms with Crippen LogP contribution in [0.1, 0.15) is 116 Å². The average Bonchev–Trinajstić information content (AvgIpc) is 3.18. The Morgan fingerprint density at radius 1 is 0.806 bits per heavy atom. The van der Waals surface area contributed by atoms with Crippen LogP contribution in [0.25, 0.3) is 0 Å². The molecule has 10 heteroatoms. The van der Waals surface area contributed by atoms with Crippen molar-refractivity contribution in [3.63, 3.8) is 0 Å². The zero-order valence-corrected chi connectivity index (χ0v) is 21.8. The Kier molecular flexibility index (Phi) is 17.2. The van der Waals surface area contributed by atoms with Crippen LogP contribution in [-0.2, 0) is 33.5 Å². The smallest absolute Gasteiger partial charge is 0.333 e. The molecule has 0 aromatic carbocycles. The number of nitrogens with one attached hydrogen (secondary N) is 1. The first kappa shape index (κ1) is 31.5. The van der Waals surface area contributed by atoms with Crippen LogP contribution >= 0.6 is 0 Å². The number of hydroxylamine groups is 2. The van der Waals surface area contributed by atoms with Crippen molar-refractivity contribution < 1.29 is 38.7 Å². The summed E-state index contributed by atoms with van der Waals surface area (Å²) in [7, 11) is 1.20. The largest absolute Gasteiger partial charge is 0.467 e. The fraction of sp³-hybridized carbons (Fsp3) is 0.808. The van der Waals surface area contributed by atoms with Crippen molar-refractivity contribution in [3.8, 4) is 0 Å². The summed E-state index contributed by atoms with van der Waals surface area (Å²) in [5.41, 5.74) is 0. The monoisotopic (exact) mass is 512 g/mol. The number of methoxy groups -OCH3 is 1. The number of aliphatic hydroxyl groups is 1. The molecule has 0 radical (unpaired) electrons. The van der Waals surface area contributed by atoms with Gasteiger partial charge in [0.15, 0.2) is 0 Å². The van der Waals surface area contributed by atoms with Crippen LogP contribution in [0.4, 0.5) is 0 Å². The zero-order chi connectivity index (χ0) is 26.6. The lowest BCUT2D eigenvalue weighted by Crippen LogP contribution is -2.42. The predicted molar refractivity (Wildman–Crippen MR) is 132 cm³/mol. The number of aliphatic hydroxyl groups excluding tert-OH is 1. The number of hydrogen-bond donors (Lipinski definition) is 2. The molecule has 1 aliphatic rings. The Bertz CT molecular complexity index is 681. The van der Waals surface area contributed by atoms with Gasteiger partial charge in [0.25, 0.3) is 11.8 Å². The number of esters is 1. The lowest BCUT2D eigenvalue weighted by Gasteiger charge is -2.17. The van der Waals surface area contributed by atoms with E-state index < -0.39 is 29.8 Å². The molecule has 206 valence electrons. The molecule has 1 heterocycles. The van der Waals surface area contributed by atoms with E-state index in [9.17, 15) is 24.0 Å². The van der Waals surface area contributed by atoms with Gasteiger partial charge in [-0.05, 0) is 19.3 Å². The molecule has 0 aliphatic carbocycles. The van der Waals surface area contributed by atoms with Gasteiger partial charge in [-0.2, -0.15) is 0 Å². The van der Waals surface area contributed by atoms with Crippen LogP contribution in [0.3, 0.4) is 0 Å². The van der Waals surface area contributed by atoms with E-state index in [0.29, 0.717) is 11.7 Å². The second-order valence-electron chi connectivity index (χ2n) is 9.30. The molecule has 1 aliphatic heterocycles. The second kappa shape index (κ2) is 19.7. The highest BCUT2D eigenvalue weighted by molar-refractivity contribution is 6.01. The van der Waals surface area contributed by atoms with Crippen molar-refractivity contribution in [1.29, 1.82) is 0 Å². The maximum Gasteiger partial charge on any atom is 0.333 e. The predicted octanol–water partition coefficient (Wildman–Crippen LogP) is 3.49. The summed E-state index contributed by atoms with van der Waals surface area (Å²) in [4.78, 5) is 64.1. The number of carbonyl (C=O) groups excluding carboxylic acids is 5. The van der Waals surface area contributed by atoms with E-state index in [4.69, 9.17) is 14.7 Å². The van der Waals surface area contributed by atoms with Gasteiger partial charge in [-0.25, -0.2) is 9.59 Å². The number of carbonyl (C=O) groups is 5. The van der Waals surface area contributed by atoms with Crippen molar-refractivity contribution >= 4 is 29.7 Å². The van der Waals surface area contributed by atoms with Crippen LogP contribution in [0.5, 0.6) is 0 Å². The summed E-state index contributed by atoms with van der Waals surface area (Å²) in [5, 5.41) is 11.8. The first-order chi connectivity index (χ1) is 17.4. The van der Waals surface area contributed by atoms with E-state index in [1.54, 1.807) is 0 Å². The minimum Gasteiger partial charge on any atom is -0.467 e. The highest BCUT2D eigenvalue weighted by atomic mass is 16.7. The maximum atomic E-state index is 12.3. The third-order valence-corrected chi connectivity index (χ3v) is 6.22. The van der Waals surface area contributed by atoms with Crippen LogP contribution in [-0.4, -0.2) is 59.6 Å². The van der Waals surface area contributed by atoms with Crippen molar-refractivity contribution in [3.05, 3.63) is 0 Å². The van der Waals surface area contributed by atoms with Gasteiger partial charge >= 0.3 is 11.9 Å². The maximum absolute atomic E-state index is 12.3. The van der Waals surface area contributed by atoms with Crippen molar-refractivity contribution in [2.24, 2.45) is 0 Å². The van der Waals surface area contributed by atoms with Crippen molar-refractivity contribution in [2.75, 3.05) is 13.7 Å². The van der Waals surface area contributed by atoms with Gasteiger partial charge in [-0.1, -0.05) is 70.6 Å². The van der Waals surface area contributed by atoms with E-state index in [1.807, 2.05) is 0 Å². The SMILES string of the molecule is COC(=O)C(CCC(=O)ON1C(=O)CCC1=O)NC(=O)CCCCCCCCCCCCCCCO. The van der Waals surface area contributed by atoms with E-state index >= 15 is 0 Å². The van der Waals surface area contributed by atoms with E-state index in [1.165, 1.54) is 52.1 Å². The quantitative estimate of drug-likeness (QED) is 0.135. The van der Waals surface area contributed by atoms with Crippen molar-refractivity contribution in [1.82, 2.24) is 10.4 Å². The fourth-order valence-electron chi connectivity index (χ4n) is 4.07. The molecule has 0 spiro atoms. The fourth-order valence-corrected chi connectivity index (χ4v) is 4.07. The molecule has 1 rings (SSSR count). The summed E-state index contributed by atoms with van der Waals surface area (Å²) in [6.45, 7) is 0.297. The minimum absolute atomic E-state index is 0.000244. The number of unbranched alkanes of at least 4 members (excludes halogenated alkanes) is 12. The molecule has 0 bridgehead atoms. The summed E-state index contributed by atoms with van der Waals surface area (Å²) >= 11 is 0. The average molecular weight is 513 g/mol. The molecule has 2 N–H and O–H groups in total. The first-order valence-corrected chi connectivity index (χ1v) is 13.4.